The van der Waals surface area contributed by atoms with Gasteiger partial charge in [-0.1, -0.05) is 18.9 Å². The SMILES string of the molecule is C#CCN(CCC)c1ccc2c(c1)NC(=O)C2NC. The van der Waals surface area contributed by atoms with Gasteiger partial charge in [0.2, 0.25) is 5.91 Å². The molecule has 19 heavy (non-hydrogen) atoms. The van der Waals surface area contributed by atoms with Crippen molar-refractivity contribution in [3.05, 3.63) is 23.8 Å². The Hall–Kier alpha value is -1.99. The van der Waals surface area contributed by atoms with Crippen molar-refractivity contribution < 1.29 is 4.79 Å². The van der Waals surface area contributed by atoms with Crippen LogP contribution in [-0.2, 0) is 4.79 Å². The molecule has 4 nitrogen and oxygen atoms in total. The number of nitrogens with zero attached hydrogens (tertiary/aromatic N) is 1. The summed E-state index contributed by atoms with van der Waals surface area (Å²) >= 11 is 0. The van der Waals surface area contributed by atoms with Crippen LogP contribution in [-0.4, -0.2) is 26.0 Å². The van der Waals surface area contributed by atoms with Crippen molar-refractivity contribution in [2.24, 2.45) is 0 Å². The van der Waals surface area contributed by atoms with Gasteiger partial charge in [-0.25, -0.2) is 0 Å². The molecule has 0 saturated carbocycles. The predicted octanol–water partition coefficient (Wildman–Crippen LogP) is 1.75. The van der Waals surface area contributed by atoms with E-state index in [9.17, 15) is 4.79 Å². The third-order valence-electron chi connectivity index (χ3n) is 3.30. The Morgan fingerprint density at radius 3 is 2.95 bits per heavy atom. The highest BCUT2D eigenvalue weighted by atomic mass is 16.2. The van der Waals surface area contributed by atoms with E-state index < -0.39 is 0 Å². The second-order valence-electron chi connectivity index (χ2n) is 4.61. The minimum absolute atomic E-state index is 0.00589. The van der Waals surface area contributed by atoms with E-state index in [1.54, 1.807) is 7.05 Å². The lowest BCUT2D eigenvalue weighted by Crippen LogP contribution is -2.24. The molecular formula is C15H19N3O. The zero-order valence-electron chi connectivity index (χ0n) is 11.4. The summed E-state index contributed by atoms with van der Waals surface area (Å²) in [7, 11) is 1.79. The Balaban J connectivity index is 2.29. The molecule has 0 bridgehead atoms. The molecule has 1 aromatic rings. The van der Waals surface area contributed by atoms with Crippen molar-refractivity contribution in [2.45, 2.75) is 19.4 Å². The van der Waals surface area contributed by atoms with Gasteiger partial charge in [-0.05, 0) is 25.6 Å². The first kappa shape index (κ1) is 13.4. The fraction of sp³-hybridized carbons (Fsp3) is 0.400. The van der Waals surface area contributed by atoms with E-state index in [-0.39, 0.29) is 11.9 Å². The predicted molar refractivity (Wildman–Crippen MR) is 78.2 cm³/mol. The number of anilines is 2. The quantitative estimate of drug-likeness (QED) is 0.790. The van der Waals surface area contributed by atoms with E-state index in [0.29, 0.717) is 6.54 Å². The van der Waals surface area contributed by atoms with Gasteiger partial charge in [0.05, 0.1) is 6.54 Å². The van der Waals surface area contributed by atoms with E-state index in [0.717, 1.165) is 29.9 Å². The molecular weight excluding hydrogens is 238 g/mol. The minimum atomic E-state index is -0.253. The van der Waals surface area contributed by atoms with Crippen LogP contribution in [0.3, 0.4) is 0 Å². The molecule has 4 heteroatoms. The number of carbonyl (C=O) groups is 1. The van der Waals surface area contributed by atoms with Crippen molar-refractivity contribution >= 4 is 17.3 Å². The maximum atomic E-state index is 11.8. The number of carbonyl (C=O) groups excluding carboxylic acids is 1. The zero-order chi connectivity index (χ0) is 13.8. The lowest BCUT2D eigenvalue weighted by atomic mass is 10.1. The number of amides is 1. The first-order valence-electron chi connectivity index (χ1n) is 6.51. The summed E-state index contributed by atoms with van der Waals surface area (Å²) in [4.78, 5) is 13.9. The van der Waals surface area contributed by atoms with Crippen molar-refractivity contribution in [1.82, 2.24) is 5.32 Å². The average Bonchev–Trinajstić information content (AvgIpc) is 2.72. The van der Waals surface area contributed by atoms with E-state index in [1.807, 2.05) is 18.2 Å². The van der Waals surface area contributed by atoms with E-state index in [2.05, 4.69) is 28.4 Å². The maximum absolute atomic E-state index is 11.8. The van der Waals surface area contributed by atoms with Crippen LogP contribution in [0.25, 0.3) is 0 Å². The third kappa shape index (κ3) is 2.56. The summed E-state index contributed by atoms with van der Waals surface area (Å²) in [5.74, 6) is 2.67. The molecule has 1 amide bonds. The number of nitrogens with one attached hydrogen (secondary N) is 2. The van der Waals surface area contributed by atoms with Crippen molar-refractivity contribution in [1.29, 1.82) is 0 Å². The van der Waals surface area contributed by atoms with Crippen LogP contribution in [0.2, 0.25) is 0 Å². The van der Waals surface area contributed by atoms with Gasteiger partial charge in [-0.3, -0.25) is 4.79 Å². The topological polar surface area (TPSA) is 44.4 Å². The van der Waals surface area contributed by atoms with Gasteiger partial charge in [0, 0.05) is 23.5 Å². The fourth-order valence-electron chi connectivity index (χ4n) is 2.41. The van der Waals surface area contributed by atoms with E-state index >= 15 is 0 Å². The van der Waals surface area contributed by atoms with Crippen LogP contribution in [0.15, 0.2) is 18.2 Å². The van der Waals surface area contributed by atoms with Crippen molar-refractivity contribution in [2.75, 3.05) is 30.4 Å². The molecule has 1 aliphatic heterocycles. The molecule has 2 N–H and O–H groups in total. The molecule has 0 aromatic heterocycles. The molecule has 1 heterocycles. The zero-order valence-corrected chi connectivity index (χ0v) is 11.4. The van der Waals surface area contributed by atoms with Gasteiger partial charge in [0.15, 0.2) is 0 Å². The van der Waals surface area contributed by atoms with Crippen LogP contribution < -0.4 is 15.5 Å². The van der Waals surface area contributed by atoms with Gasteiger partial charge in [-0.2, -0.15) is 0 Å². The van der Waals surface area contributed by atoms with Crippen molar-refractivity contribution in [3.8, 4) is 12.3 Å². The molecule has 0 spiro atoms. The second kappa shape index (κ2) is 5.77. The number of hydrogen-bond acceptors (Lipinski definition) is 3. The highest BCUT2D eigenvalue weighted by Crippen LogP contribution is 2.33. The molecule has 100 valence electrons. The van der Waals surface area contributed by atoms with E-state index in [1.165, 1.54) is 0 Å². The lowest BCUT2D eigenvalue weighted by Gasteiger charge is -2.22. The Labute approximate surface area is 114 Å². The van der Waals surface area contributed by atoms with Gasteiger partial charge in [0.1, 0.15) is 6.04 Å². The molecule has 0 aliphatic carbocycles. The Morgan fingerprint density at radius 1 is 1.53 bits per heavy atom. The standard InChI is InChI=1S/C15H19N3O/c1-4-8-18(9-5-2)11-6-7-12-13(10-11)17-15(19)14(12)16-3/h1,6-7,10,14,16H,5,8-9H2,2-3H3,(H,17,19). The van der Waals surface area contributed by atoms with Gasteiger partial charge >= 0.3 is 0 Å². The van der Waals surface area contributed by atoms with Crippen LogP contribution >= 0.6 is 0 Å². The summed E-state index contributed by atoms with van der Waals surface area (Å²) in [6.07, 6.45) is 6.44. The minimum Gasteiger partial charge on any atom is -0.360 e. The average molecular weight is 257 g/mol. The molecule has 0 saturated heterocycles. The highest BCUT2D eigenvalue weighted by Gasteiger charge is 2.29. The normalized spacial score (nSPS) is 16.7. The van der Waals surface area contributed by atoms with Gasteiger partial charge in [0.25, 0.3) is 0 Å². The highest BCUT2D eigenvalue weighted by molar-refractivity contribution is 6.03. The number of fused-ring (bicyclic) bond motifs is 1. The number of hydrogen-bond donors (Lipinski definition) is 2. The Kier molecular flexibility index (Phi) is 4.08. The lowest BCUT2D eigenvalue weighted by molar-refractivity contribution is -0.117. The molecule has 1 atom stereocenters. The molecule has 1 aliphatic rings. The monoisotopic (exact) mass is 257 g/mol. The largest absolute Gasteiger partial charge is 0.360 e. The van der Waals surface area contributed by atoms with Crippen molar-refractivity contribution in [3.63, 3.8) is 0 Å². The maximum Gasteiger partial charge on any atom is 0.246 e. The Morgan fingerprint density at radius 2 is 2.32 bits per heavy atom. The fourth-order valence-corrected chi connectivity index (χ4v) is 2.41. The molecule has 2 rings (SSSR count). The number of benzene rings is 1. The first-order chi connectivity index (χ1) is 9.21. The summed E-state index contributed by atoms with van der Waals surface area (Å²) in [5, 5.41) is 5.91. The van der Waals surface area contributed by atoms with E-state index in [4.69, 9.17) is 6.42 Å². The number of terminal acetylenes is 1. The van der Waals surface area contributed by atoms with Crippen LogP contribution in [0.5, 0.6) is 0 Å². The molecule has 0 fully saturated rings. The summed E-state index contributed by atoms with van der Waals surface area (Å²) in [6.45, 7) is 3.61. The van der Waals surface area contributed by atoms with Crippen LogP contribution in [0, 0.1) is 12.3 Å². The molecule has 0 radical (unpaired) electrons. The van der Waals surface area contributed by atoms with Gasteiger partial charge < -0.3 is 15.5 Å². The number of rotatable bonds is 5. The first-order valence-corrected chi connectivity index (χ1v) is 6.51. The van der Waals surface area contributed by atoms with Crippen LogP contribution in [0.1, 0.15) is 24.9 Å². The molecule has 1 unspecified atom stereocenters. The second-order valence-corrected chi connectivity index (χ2v) is 4.61. The Bertz CT molecular complexity index is 519. The number of likely N-dealkylation sites (N-methyl/N-ethyl adjacent to an activating group) is 1. The van der Waals surface area contributed by atoms with Crippen LogP contribution in [0.4, 0.5) is 11.4 Å². The van der Waals surface area contributed by atoms with Gasteiger partial charge in [-0.15, -0.1) is 6.42 Å². The smallest absolute Gasteiger partial charge is 0.246 e. The molecule has 1 aromatic carbocycles. The summed E-state index contributed by atoms with van der Waals surface area (Å²) in [5.41, 5.74) is 2.92. The summed E-state index contributed by atoms with van der Waals surface area (Å²) < 4.78 is 0. The third-order valence-corrected chi connectivity index (χ3v) is 3.30. The summed E-state index contributed by atoms with van der Waals surface area (Å²) in [6, 6.07) is 5.76.